The maximum atomic E-state index is 11.0. The second-order valence-electron chi connectivity index (χ2n) is 3.65. The molecule has 0 aliphatic rings. The molecule has 2 heterocycles. The van der Waals surface area contributed by atoms with E-state index in [1.165, 1.54) is 6.92 Å². The fourth-order valence-electron chi connectivity index (χ4n) is 1.42. The quantitative estimate of drug-likeness (QED) is 0.789. The Labute approximate surface area is 93.3 Å². The van der Waals surface area contributed by atoms with E-state index in [4.69, 9.17) is 4.42 Å². The van der Waals surface area contributed by atoms with Crippen molar-refractivity contribution in [2.24, 2.45) is 0 Å². The number of nitrogens with zero attached hydrogens (tertiary/aromatic N) is 2. The zero-order valence-corrected chi connectivity index (χ0v) is 9.23. The summed E-state index contributed by atoms with van der Waals surface area (Å²) in [4.78, 5) is 19.3. The lowest BCUT2D eigenvalue weighted by molar-refractivity contribution is -0.116. The van der Waals surface area contributed by atoms with Crippen molar-refractivity contribution in [1.29, 1.82) is 0 Å². The van der Waals surface area contributed by atoms with Gasteiger partial charge < -0.3 is 4.42 Å². The van der Waals surface area contributed by atoms with Gasteiger partial charge in [-0.3, -0.25) is 4.79 Å². The summed E-state index contributed by atoms with van der Waals surface area (Å²) in [5.74, 6) is 2.11. The standard InChI is InChI=1S/C12H12N2O2/c1-8(15)7-12-13-6-5-10(14-12)11-4-3-9(2)16-11/h3-6H,7H2,1-2H3. The highest BCUT2D eigenvalue weighted by Crippen LogP contribution is 2.19. The van der Waals surface area contributed by atoms with Crippen molar-refractivity contribution in [3.05, 3.63) is 36.0 Å². The molecule has 0 spiro atoms. The van der Waals surface area contributed by atoms with Crippen molar-refractivity contribution in [3.8, 4) is 11.5 Å². The number of hydrogen-bond acceptors (Lipinski definition) is 4. The van der Waals surface area contributed by atoms with Gasteiger partial charge in [-0.1, -0.05) is 0 Å². The summed E-state index contributed by atoms with van der Waals surface area (Å²) in [7, 11) is 0. The van der Waals surface area contributed by atoms with Crippen LogP contribution >= 0.6 is 0 Å². The second kappa shape index (κ2) is 4.26. The molecule has 4 nitrogen and oxygen atoms in total. The summed E-state index contributed by atoms with van der Waals surface area (Å²) in [6, 6.07) is 5.50. The maximum Gasteiger partial charge on any atom is 0.152 e. The number of ketones is 1. The van der Waals surface area contributed by atoms with Crippen LogP contribution in [0.2, 0.25) is 0 Å². The fraction of sp³-hybridized carbons (Fsp3) is 0.250. The Bertz CT molecular complexity index is 517. The van der Waals surface area contributed by atoms with Crippen molar-refractivity contribution in [3.63, 3.8) is 0 Å². The minimum absolute atomic E-state index is 0.0489. The molecule has 0 radical (unpaired) electrons. The summed E-state index contributed by atoms with van der Waals surface area (Å²) in [5.41, 5.74) is 0.708. The molecule has 2 aromatic heterocycles. The number of hydrogen-bond donors (Lipinski definition) is 0. The molecule has 0 aliphatic carbocycles. The van der Waals surface area contributed by atoms with Crippen LogP contribution in [0.5, 0.6) is 0 Å². The Morgan fingerprint density at radius 3 is 2.81 bits per heavy atom. The van der Waals surface area contributed by atoms with Crippen LogP contribution < -0.4 is 0 Å². The van der Waals surface area contributed by atoms with Crippen LogP contribution in [0.15, 0.2) is 28.8 Å². The van der Waals surface area contributed by atoms with E-state index in [1.807, 2.05) is 19.1 Å². The molecular formula is C12H12N2O2. The van der Waals surface area contributed by atoms with Crippen LogP contribution in [0.3, 0.4) is 0 Å². The van der Waals surface area contributed by atoms with Gasteiger partial charge in [0, 0.05) is 6.20 Å². The lowest BCUT2D eigenvalue weighted by atomic mass is 10.2. The predicted octanol–water partition coefficient (Wildman–Crippen LogP) is 2.18. The minimum Gasteiger partial charge on any atom is -0.460 e. The third-order valence-electron chi connectivity index (χ3n) is 2.11. The Morgan fingerprint density at radius 1 is 1.38 bits per heavy atom. The van der Waals surface area contributed by atoms with Crippen LogP contribution in [-0.4, -0.2) is 15.8 Å². The molecule has 0 aromatic carbocycles. The van der Waals surface area contributed by atoms with Gasteiger partial charge in [0.2, 0.25) is 0 Å². The number of carbonyl (C=O) groups excluding carboxylic acids is 1. The molecule has 0 N–H and O–H groups in total. The Kier molecular flexibility index (Phi) is 2.81. The van der Waals surface area contributed by atoms with Gasteiger partial charge in [0.25, 0.3) is 0 Å². The van der Waals surface area contributed by atoms with Crippen molar-refractivity contribution < 1.29 is 9.21 Å². The molecule has 0 saturated heterocycles. The van der Waals surface area contributed by atoms with Gasteiger partial charge in [0.1, 0.15) is 23.1 Å². The Morgan fingerprint density at radius 2 is 2.19 bits per heavy atom. The predicted molar refractivity (Wildman–Crippen MR) is 58.9 cm³/mol. The molecule has 0 aliphatic heterocycles. The first-order chi connectivity index (χ1) is 7.65. The zero-order chi connectivity index (χ0) is 11.5. The van der Waals surface area contributed by atoms with Crippen molar-refractivity contribution in [2.45, 2.75) is 20.3 Å². The van der Waals surface area contributed by atoms with E-state index in [1.54, 1.807) is 12.3 Å². The number of rotatable bonds is 3. The van der Waals surface area contributed by atoms with E-state index in [0.717, 1.165) is 5.76 Å². The van der Waals surface area contributed by atoms with E-state index < -0.39 is 0 Å². The van der Waals surface area contributed by atoms with Crippen molar-refractivity contribution >= 4 is 5.78 Å². The average molecular weight is 216 g/mol. The molecule has 0 saturated carbocycles. The molecule has 0 fully saturated rings. The van der Waals surface area contributed by atoms with Gasteiger partial charge in [0.05, 0.1) is 6.42 Å². The van der Waals surface area contributed by atoms with Crippen LogP contribution in [-0.2, 0) is 11.2 Å². The normalized spacial score (nSPS) is 10.4. The number of furan rings is 1. The van der Waals surface area contributed by atoms with Crippen LogP contribution in [0, 0.1) is 6.92 Å². The third-order valence-corrected chi connectivity index (χ3v) is 2.11. The highest BCUT2D eigenvalue weighted by atomic mass is 16.3. The van der Waals surface area contributed by atoms with Crippen LogP contribution in [0.4, 0.5) is 0 Å². The molecule has 2 rings (SSSR count). The lowest BCUT2D eigenvalue weighted by Gasteiger charge is -1.99. The fourth-order valence-corrected chi connectivity index (χ4v) is 1.42. The summed E-state index contributed by atoms with van der Waals surface area (Å²) in [5, 5.41) is 0. The SMILES string of the molecule is CC(=O)Cc1nccc(-c2ccc(C)o2)n1. The van der Waals surface area contributed by atoms with Crippen LogP contribution in [0.25, 0.3) is 11.5 Å². The zero-order valence-electron chi connectivity index (χ0n) is 9.23. The van der Waals surface area contributed by atoms with Crippen LogP contribution in [0.1, 0.15) is 18.5 Å². The Balaban J connectivity index is 2.32. The summed E-state index contributed by atoms with van der Waals surface area (Å²) in [6.45, 7) is 3.40. The molecule has 16 heavy (non-hydrogen) atoms. The first-order valence-electron chi connectivity index (χ1n) is 5.03. The largest absolute Gasteiger partial charge is 0.460 e. The Hall–Kier alpha value is -1.97. The first-order valence-corrected chi connectivity index (χ1v) is 5.03. The summed E-state index contributed by atoms with van der Waals surface area (Å²) < 4.78 is 5.45. The number of carbonyl (C=O) groups is 1. The van der Waals surface area contributed by atoms with Gasteiger partial charge in [-0.25, -0.2) is 9.97 Å². The van der Waals surface area contributed by atoms with Gasteiger partial charge in [-0.2, -0.15) is 0 Å². The lowest BCUT2D eigenvalue weighted by Crippen LogP contribution is -2.02. The topological polar surface area (TPSA) is 56.0 Å². The highest BCUT2D eigenvalue weighted by molar-refractivity contribution is 5.77. The van der Waals surface area contributed by atoms with Gasteiger partial charge in [-0.05, 0) is 32.0 Å². The number of aromatic nitrogens is 2. The van der Waals surface area contributed by atoms with E-state index in [2.05, 4.69) is 9.97 Å². The molecular weight excluding hydrogens is 204 g/mol. The highest BCUT2D eigenvalue weighted by Gasteiger charge is 2.07. The van der Waals surface area contributed by atoms with E-state index in [-0.39, 0.29) is 12.2 Å². The molecule has 82 valence electrons. The van der Waals surface area contributed by atoms with Gasteiger partial charge >= 0.3 is 0 Å². The maximum absolute atomic E-state index is 11.0. The van der Waals surface area contributed by atoms with E-state index in [0.29, 0.717) is 17.3 Å². The summed E-state index contributed by atoms with van der Waals surface area (Å²) in [6.07, 6.45) is 1.89. The number of Topliss-reactive ketones (excluding diaryl/α,β-unsaturated/α-hetero) is 1. The molecule has 0 bridgehead atoms. The van der Waals surface area contributed by atoms with E-state index in [9.17, 15) is 4.79 Å². The molecule has 4 heteroatoms. The average Bonchev–Trinajstić information content (AvgIpc) is 2.64. The second-order valence-corrected chi connectivity index (χ2v) is 3.65. The molecule has 0 unspecified atom stereocenters. The monoisotopic (exact) mass is 216 g/mol. The molecule has 0 atom stereocenters. The summed E-state index contributed by atoms with van der Waals surface area (Å²) >= 11 is 0. The first kappa shape index (κ1) is 10.5. The van der Waals surface area contributed by atoms with Crippen molar-refractivity contribution in [2.75, 3.05) is 0 Å². The van der Waals surface area contributed by atoms with E-state index >= 15 is 0 Å². The molecule has 0 amide bonds. The smallest absolute Gasteiger partial charge is 0.152 e. The molecule has 2 aromatic rings. The minimum atomic E-state index is 0.0489. The van der Waals surface area contributed by atoms with Gasteiger partial charge in [0.15, 0.2) is 5.76 Å². The number of aryl methyl sites for hydroxylation is 1. The third kappa shape index (κ3) is 2.34. The van der Waals surface area contributed by atoms with Crippen molar-refractivity contribution in [1.82, 2.24) is 9.97 Å². The van der Waals surface area contributed by atoms with Gasteiger partial charge in [-0.15, -0.1) is 0 Å².